The highest BCUT2D eigenvalue weighted by Crippen LogP contribution is 2.57. The van der Waals surface area contributed by atoms with Gasteiger partial charge >= 0.3 is 13.6 Å². The van der Waals surface area contributed by atoms with Crippen molar-refractivity contribution >= 4 is 30.7 Å². The molecule has 156 valence electrons. The first-order valence-corrected chi connectivity index (χ1v) is 10.7. The maximum absolute atomic E-state index is 13.4. The van der Waals surface area contributed by atoms with Gasteiger partial charge in [-0.1, -0.05) is 18.2 Å². The number of carbonyl (C=O) groups excluding carboxylic acids is 2. The van der Waals surface area contributed by atoms with Crippen LogP contribution in [-0.4, -0.2) is 53.7 Å². The van der Waals surface area contributed by atoms with Gasteiger partial charge in [-0.2, -0.15) is 0 Å². The Balaban J connectivity index is 3.62. The van der Waals surface area contributed by atoms with Crippen molar-refractivity contribution < 1.29 is 33.0 Å². The Labute approximate surface area is 165 Å². The zero-order chi connectivity index (χ0) is 21.4. The number of aliphatic hydroxyl groups is 1. The second kappa shape index (κ2) is 10.6. The standard InChI is InChI=1S/C19H28NO7P/c1-6-25-18(22)17(28(24,26-7-2)27-8-3)19(5,23)16(14(4)21)20-15-12-10-9-11-13-15/h9-13,17,23H,6-8H2,1-5H3. The average Bonchev–Trinajstić information content (AvgIpc) is 2.60. The number of para-hydroxylation sites is 1. The summed E-state index contributed by atoms with van der Waals surface area (Å²) in [7, 11) is -4.19. The third-order valence-corrected chi connectivity index (χ3v) is 6.37. The van der Waals surface area contributed by atoms with Gasteiger partial charge in [0, 0.05) is 6.92 Å². The quantitative estimate of drug-likeness (QED) is 0.337. The lowest BCUT2D eigenvalue weighted by Gasteiger charge is -2.35. The van der Waals surface area contributed by atoms with E-state index >= 15 is 0 Å². The molecule has 0 amide bonds. The molecular formula is C19H28NO7P. The summed E-state index contributed by atoms with van der Waals surface area (Å²) in [6.07, 6.45) is 0. The van der Waals surface area contributed by atoms with E-state index in [4.69, 9.17) is 13.8 Å². The Morgan fingerprint density at radius 1 is 1.11 bits per heavy atom. The van der Waals surface area contributed by atoms with Gasteiger partial charge in [0.15, 0.2) is 11.4 Å². The molecule has 1 rings (SSSR count). The number of ketones is 1. The van der Waals surface area contributed by atoms with E-state index in [9.17, 15) is 19.3 Å². The van der Waals surface area contributed by atoms with Crippen molar-refractivity contribution in [1.82, 2.24) is 0 Å². The van der Waals surface area contributed by atoms with Gasteiger partial charge < -0.3 is 18.9 Å². The molecule has 0 fully saturated rings. The zero-order valence-corrected chi connectivity index (χ0v) is 17.8. The van der Waals surface area contributed by atoms with E-state index in [1.54, 1.807) is 51.1 Å². The third kappa shape index (κ3) is 5.82. The maximum atomic E-state index is 13.4. The number of benzene rings is 1. The Morgan fingerprint density at radius 2 is 1.64 bits per heavy atom. The lowest BCUT2D eigenvalue weighted by atomic mass is 9.92. The summed E-state index contributed by atoms with van der Waals surface area (Å²) in [4.78, 5) is 29.2. The van der Waals surface area contributed by atoms with Crippen LogP contribution in [0, 0.1) is 0 Å². The summed E-state index contributed by atoms with van der Waals surface area (Å²) in [5.41, 5.74) is -4.02. The molecule has 0 bridgehead atoms. The zero-order valence-electron chi connectivity index (χ0n) is 16.9. The molecule has 1 aromatic rings. The molecule has 2 atom stereocenters. The number of hydrogen-bond donors (Lipinski definition) is 1. The number of Topliss-reactive ketones (excluding diaryl/α,β-unsaturated/α-hetero) is 1. The minimum Gasteiger partial charge on any atom is -0.465 e. The minimum absolute atomic E-state index is 0.0190. The number of hydrogen-bond acceptors (Lipinski definition) is 8. The molecule has 0 spiro atoms. The van der Waals surface area contributed by atoms with Crippen LogP contribution < -0.4 is 0 Å². The molecule has 1 aromatic carbocycles. The largest absolute Gasteiger partial charge is 0.465 e. The molecule has 0 heterocycles. The van der Waals surface area contributed by atoms with Gasteiger partial charge in [-0.15, -0.1) is 0 Å². The smallest absolute Gasteiger partial charge is 0.348 e. The van der Waals surface area contributed by atoms with Crippen molar-refractivity contribution in [3.8, 4) is 0 Å². The van der Waals surface area contributed by atoms with Crippen LogP contribution in [0.1, 0.15) is 34.6 Å². The Hall–Kier alpha value is -1.86. The van der Waals surface area contributed by atoms with Crippen LogP contribution >= 0.6 is 7.60 Å². The summed E-state index contributed by atoms with van der Waals surface area (Å²) in [6, 6.07) is 8.44. The van der Waals surface area contributed by atoms with E-state index in [-0.39, 0.29) is 25.5 Å². The Bertz CT molecular complexity index is 736. The first-order chi connectivity index (χ1) is 13.1. The van der Waals surface area contributed by atoms with Gasteiger partial charge in [-0.25, -0.2) is 4.99 Å². The number of ether oxygens (including phenoxy) is 1. The fourth-order valence-electron chi connectivity index (χ4n) is 2.74. The van der Waals surface area contributed by atoms with E-state index in [0.29, 0.717) is 5.69 Å². The third-order valence-electron chi connectivity index (χ3n) is 3.79. The molecule has 0 aliphatic rings. The second-order valence-corrected chi connectivity index (χ2v) is 8.14. The number of esters is 1. The van der Waals surface area contributed by atoms with E-state index in [1.807, 2.05) is 0 Å². The van der Waals surface area contributed by atoms with Crippen LogP contribution in [0.3, 0.4) is 0 Å². The highest BCUT2D eigenvalue weighted by Gasteiger charge is 2.56. The molecule has 8 nitrogen and oxygen atoms in total. The van der Waals surface area contributed by atoms with Crippen LogP contribution in [0.15, 0.2) is 35.3 Å². The predicted octanol–water partition coefficient (Wildman–Crippen LogP) is 3.30. The van der Waals surface area contributed by atoms with Crippen molar-refractivity contribution in [1.29, 1.82) is 0 Å². The SMILES string of the molecule is CCOC(=O)C(C(C)(O)C(=Nc1ccccc1)C(C)=O)P(=O)(OCC)OCC. The van der Waals surface area contributed by atoms with Crippen LogP contribution in [0.25, 0.3) is 0 Å². The van der Waals surface area contributed by atoms with Gasteiger partial charge in [0.25, 0.3) is 0 Å². The van der Waals surface area contributed by atoms with Crippen LogP contribution in [-0.2, 0) is 27.9 Å². The number of carbonyl (C=O) groups is 2. The Kier molecular flexibility index (Phi) is 9.17. The first-order valence-electron chi connectivity index (χ1n) is 9.06. The van der Waals surface area contributed by atoms with E-state index in [0.717, 1.165) is 0 Å². The fraction of sp³-hybridized carbons (Fsp3) is 0.526. The van der Waals surface area contributed by atoms with Gasteiger partial charge in [0.1, 0.15) is 11.3 Å². The van der Waals surface area contributed by atoms with Crippen molar-refractivity contribution in [2.75, 3.05) is 19.8 Å². The fourth-order valence-corrected chi connectivity index (χ4v) is 4.91. The highest BCUT2D eigenvalue weighted by atomic mass is 31.2. The van der Waals surface area contributed by atoms with Crippen molar-refractivity contribution in [3.63, 3.8) is 0 Å². The van der Waals surface area contributed by atoms with Gasteiger partial charge in [-0.3, -0.25) is 14.2 Å². The molecular weight excluding hydrogens is 385 g/mol. The van der Waals surface area contributed by atoms with Crippen LogP contribution in [0.5, 0.6) is 0 Å². The predicted molar refractivity (Wildman–Crippen MR) is 106 cm³/mol. The highest BCUT2D eigenvalue weighted by molar-refractivity contribution is 7.56. The lowest BCUT2D eigenvalue weighted by Crippen LogP contribution is -2.53. The van der Waals surface area contributed by atoms with Crippen molar-refractivity contribution in [3.05, 3.63) is 30.3 Å². The number of rotatable bonds is 11. The van der Waals surface area contributed by atoms with Crippen LogP contribution in [0.4, 0.5) is 5.69 Å². The monoisotopic (exact) mass is 413 g/mol. The van der Waals surface area contributed by atoms with Crippen molar-refractivity contribution in [2.24, 2.45) is 4.99 Å². The van der Waals surface area contributed by atoms with Gasteiger partial charge in [-0.05, 0) is 39.8 Å². The molecule has 0 aromatic heterocycles. The normalized spacial score (nSPS) is 15.6. The molecule has 0 aliphatic carbocycles. The minimum atomic E-state index is -4.19. The summed E-state index contributed by atoms with van der Waals surface area (Å²) in [5, 5.41) is 11.3. The van der Waals surface area contributed by atoms with Gasteiger partial charge in [0.05, 0.1) is 25.5 Å². The van der Waals surface area contributed by atoms with Gasteiger partial charge in [0.2, 0.25) is 0 Å². The van der Waals surface area contributed by atoms with Crippen LogP contribution in [0.2, 0.25) is 0 Å². The topological polar surface area (TPSA) is 111 Å². The molecule has 0 saturated heterocycles. The summed E-state index contributed by atoms with van der Waals surface area (Å²) < 4.78 is 28.9. The summed E-state index contributed by atoms with van der Waals surface area (Å²) in [6.45, 7) is 7.02. The molecule has 0 saturated carbocycles. The molecule has 1 N–H and O–H groups in total. The molecule has 9 heteroatoms. The van der Waals surface area contributed by atoms with E-state index < -0.39 is 30.6 Å². The average molecular weight is 413 g/mol. The lowest BCUT2D eigenvalue weighted by molar-refractivity contribution is -0.146. The number of aliphatic imine (C=N–C) groups is 1. The van der Waals surface area contributed by atoms with E-state index in [2.05, 4.69) is 4.99 Å². The number of nitrogens with zero attached hydrogens (tertiary/aromatic N) is 1. The van der Waals surface area contributed by atoms with Crippen molar-refractivity contribution in [2.45, 2.75) is 45.9 Å². The molecule has 2 unspecified atom stereocenters. The first kappa shape index (κ1) is 24.2. The molecule has 28 heavy (non-hydrogen) atoms. The van der Waals surface area contributed by atoms with E-state index in [1.165, 1.54) is 13.8 Å². The Morgan fingerprint density at radius 3 is 2.07 bits per heavy atom. The summed E-state index contributed by atoms with van der Waals surface area (Å²) in [5.74, 6) is -1.59. The molecule has 0 radical (unpaired) electrons. The maximum Gasteiger partial charge on any atom is 0.348 e. The second-order valence-electron chi connectivity index (χ2n) is 6.03. The summed E-state index contributed by atoms with van der Waals surface area (Å²) >= 11 is 0. The molecule has 0 aliphatic heterocycles.